The maximum atomic E-state index is 9.15. The van der Waals surface area contributed by atoms with E-state index in [1.165, 1.54) is 0 Å². The Morgan fingerprint density at radius 3 is 2.88 bits per heavy atom. The zero-order valence-corrected chi connectivity index (χ0v) is 9.65. The van der Waals surface area contributed by atoms with E-state index in [0.717, 1.165) is 16.3 Å². The molecular weight excluding hydrogens is 236 g/mol. The molecule has 0 radical (unpaired) electrons. The number of hydroxylamine groups is 1. The van der Waals surface area contributed by atoms with E-state index in [1.807, 2.05) is 36.4 Å². The number of nitrogens with zero attached hydrogens (tertiary/aromatic N) is 1. The maximum Gasteiger partial charge on any atom is 0.147 e. The van der Waals surface area contributed by atoms with Crippen LogP contribution in [-0.2, 0) is 0 Å². The molecule has 2 heterocycles. The first-order valence-corrected chi connectivity index (χ1v) is 6.04. The molecular formula is C12H10N2O2S. The summed E-state index contributed by atoms with van der Waals surface area (Å²) < 4.78 is 5.37. The summed E-state index contributed by atoms with van der Waals surface area (Å²) in [7, 11) is 0. The third-order valence-electron chi connectivity index (χ3n) is 2.52. The highest BCUT2D eigenvalue weighted by molar-refractivity contribution is 8.00. The molecule has 2 aromatic rings. The fourth-order valence-corrected chi connectivity index (χ4v) is 2.85. The summed E-state index contributed by atoms with van der Waals surface area (Å²) in [5, 5.41) is 9.02. The largest absolute Gasteiger partial charge is 0.468 e. The number of nitrogens with one attached hydrogen (secondary N) is 1. The number of furan rings is 1. The zero-order valence-electron chi connectivity index (χ0n) is 8.83. The number of aliphatic imine (C=N–C) groups is 1. The van der Waals surface area contributed by atoms with Crippen molar-refractivity contribution in [3.8, 4) is 0 Å². The third kappa shape index (κ3) is 1.83. The van der Waals surface area contributed by atoms with Crippen LogP contribution in [0.5, 0.6) is 0 Å². The van der Waals surface area contributed by atoms with E-state index < -0.39 is 0 Å². The van der Waals surface area contributed by atoms with Crippen LogP contribution in [0.1, 0.15) is 11.0 Å². The van der Waals surface area contributed by atoms with Crippen LogP contribution < -0.4 is 5.48 Å². The van der Waals surface area contributed by atoms with Gasteiger partial charge in [0.25, 0.3) is 0 Å². The minimum atomic E-state index is -0.134. The molecule has 0 aliphatic carbocycles. The van der Waals surface area contributed by atoms with E-state index in [0.29, 0.717) is 5.84 Å². The normalized spacial score (nSPS) is 18.4. The summed E-state index contributed by atoms with van der Waals surface area (Å²) in [5.41, 5.74) is 3.01. The number of para-hydroxylation sites is 1. The van der Waals surface area contributed by atoms with Crippen LogP contribution in [0.15, 0.2) is 57.0 Å². The van der Waals surface area contributed by atoms with Crippen molar-refractivity contribution >= 4 is 23.3 Å². The minimum Gasteiger partial charge on any atom is -0.468 e. The highest BCUT2D eigenvalue weighted by Crippen LogP contribution is 2.44. The van der Waals surface area contributed by atoms with Crippen molar-refractivity contribution in [2.45, 2.75) is 10.1 Å². The number of thioether (sulfide) groups is 1. The number of amidine groups is 1. The Morgan fingerprint density at radius 2 is 2.12 bits per heavy atom. The fraction of sp³-hybridized carbons (Fsp3) is 0.0833. The van der Waals surface area contributed by atoms with Gasteiger partial charge in [0.1, 0.15) is 16.8 Å². The lowest BCUT2D eigenvalue weighted by Crippen LogP contribution is -2.26. The lowest BCUT2D eigenvalue weighted by atomic mass is 10.2. The molecule has 1 aliphatic heterocycles. The van der Waals surface area contributed by atoms with E-state index in [1.54, 1.807) is 18.0 Å². The van der Waals surface area contributed by atoms with Gasteiger partial charge in [-0.25, -0.2) is 4.99 Å². The molecule has 0 saturated carbocycles. The molecule has 1 atom stereocenters. The molecule has 3 rings (SSSR count). The summed E-state index contributed by atoms with van der Waals surface area (Å²) in [6.07, 6.45) is 1.62. The molecule has 1 aliphatic rings. The maximum absolute atomic E-state index is 9.15. The average Bonchev–Trinajstić information content (AvgIpc) is 2.91. The van der Waals surface area contributed by atoms with Gasteiger partial charge in [0, 0.05) is 4.90 Å². The van der Waals surface area contributed by atoms with Crippen LogP contribution >= 0.6 is 11.8 Å². The van der Waals surface area contributed by atoms with Gasteiger partial charge in [-0.3, -0.25) is 10.7 Å². The zero-order chi connectivity index (χ0) is 11.7. The predicted molar refractivity (Wildman–Crippen MR) is 65.8 cm³/mol. The molecule has 2 N–H and O–H groups in total. The first-order valence-electron chi connectivity index (χ1n) is 5.16. The first-order chi connectivity index (χ1) is 8.38. The Morgan fingerprint density at radius 1 is 1.24 bits per heavy atom. The van der Waals surface area contributed by atoms with Gasteiger partial charge in [-0.15, -0.1) is 11.8 Å². The van der Waals surface area contributed by atoms with E-state index in [4.69, 9.17) is 9.62 Å². The van der Waals surface area contributed by atoms with E-state index in [2.05, 4.69) is 10.5 Å². The molecule has 5 heteroatoms. The number of fused-ring (bicyclic) bond motifs is 1. The van der Waals surface area contributed by atoms with Gasteiger partial charge in [-0.1, -0.05) is 12.1 Å². The molecule has 0 saturated heterocycles. The Hall–Kier alpha value is -1.72. The van der Waals surface area contributed by atoms with Crippen molar-refractivity contribution in [1.29, 1.82) is 0 Å². The van der Waals surface area contributed by atoms with Gasteiger partial charge in [0.15, 0.2) is 0 Å². The molecule has 0 bridgehead atoms. The third-order valence-corrected chi connectivity index (χ3v) is 3.81. The number of hydrogen-bond acceptors (Lipinski definition) is 5. The summed E-state index contributed by atoms with van der Waals surface area (Å²) >= 11 is 1.60. The lowest BCUT2D eigenvalue weighted by molar-refractivity contribution is 0.231. The molecule has 0 spiro atoms. The molecule has 17 heavy (non-hydrogen) atoms. The van der Waals surface area contributed by atoms with Crippen molar-refractivity contribution in [3.63, 3.8) is 0 Å². The van der Waals surface area contributed by atoms with Gasteiger partial charge < -0.3 is 4.42 Å². The SMILES string of the molecule is ONC1=Nc2ccccc2SC1c1ccco1. The van der Waals surface area contributed by atoms with Crippen molar-refractivity contribution in [2.75, 3.05) is 0 Å². The molecule has 0 amide bonds. The highest BCUT2D eigenvalue weighted by atomic mass is 32.2. The number of benzene rings is 1. The van der Waals surface area contributed by atoms with Crippen LogP contribution in [0.2, 0.25) is 0 Å². The van der Waals surface area contributed by atoms with Crippen LogP contribution in [0, 0.1) is 0 Å². The van der Waals surface area contributed by atoms with Crippen molar-refractivity contribution in [3.05, 3.63) is 48.4 Å². The smallest absolute Gasteiger partial charge is 0.147 e. The molecule has 86 valence electrons. The van der Waals surface area contributed by atoms with Crippen molar-refractivity contribution in [2.24, 2.45) is 4.99 Å². The summed E-state index contributed by atoms with van der Waals surface area (Å²) in [5.74, 6) is 1.26. The van der Waals surface area contributed by atoms with Crippen LogP contribution in [0.3, 0.4) is 0 Å². The van der Waals surface area contributed by atoms with Crippen molar-refractivity contribution in [1.82, 2.24) is 5.48 Å². The highest BCUT2D eigenvalue weighted by Gasteiger charge is 2.27. The van der Waals surface area contributed by atoms with Crippen LogP contribution in [0.25, 0.3) is 0 Å². The van der Waals surface area contributed by atoms with Crippen LogP contribution in [-0.4, -0.2) is 11.0 Å². The minimum absolute atomic E-state index is 0.134. The monoisotopic (exact) mass is 246 g/mol. The molecule has 0 fully saturated rings. The second-order valence-corrected chi connectivity index (χ2v) is 4.74. The van der Waals surface area contributed by atoms with Gasteiger partial charge in [0.05, 0.1) is 12.0 Å². The number of rotatable bonds is 1. The first kappa shape index (κ1) is 10.4. The molecule has 1 aromatic heterocycles. The Bertz CT molecular complexity index is 551. The van der Waals surface area contributed by atoms with Gasteiger partial charge in [-0.2, -0.15) is 0 Å². The number of hydrogen-bond donors (Lipinski definition) is 2. The summed E-state index contributed by atoms with van der Waals surface area (Å²) in [6, 6.07) is 11.5. The van der Waals surface area contributed by atoms with E-state index >= 15 is 0 Å². The fourth-order valence-electron chi connectivity index (χ4n) is 1.74. The predicted octanol–water partition coefficient (Wildman–Crippen LogP) is 3.14. The second-order valence-electron chi connectivity index (χ2n) is 3.59. The Kier molecular flexibility index (Phi) is 2.62. The van der Waals surface area contributed by atoms with Crippen LogP contribution in [0.4, 0.5) is 5.69 Å². The quantitative estimate of drug-likeness (QED) is 0.759. The molecule has 4 nitrogen and oxygen atoms in total. The average molecular weight is 246 g/mol. The Balaban J connectivity index is 2.05. The van der Waals surface area contributed by atoms with Gasteiger partial charge in [0.2, 0.25) is 0 Å². The van der Waals surface area contributed by atoms with Crippen molar-refractivity contribution < 1.29 is 9.62 Å². The lowest BCUT2D eigenvalue weighted by Gasteiger charge is -2.21. The topological polar surface area (TPSA) is 57.8 Å². The standard InChI is InChI=1S/C12H10N2O2S/c15-14-12-11(9-5-3-7-16-9)17-10-6-2-1-4-8(10)13-12/h1-7,11,15H,(H,13,14). The van der Waals surface area contributed by atoms with Gasteiger partial charge in [-0.05, 0) is 24.3 Å². The van der Waals surface area contributed by atoms with Gasteiger partial charge >= 0.3 is 0 Å². The Labute approximate surface area is 102 Å². The molecule has 1 aromatic carbocycles. The summed E-state index contributed by atoms with van der Waals surface area (Å²) in [4.78, 5) is 5.45. The van der Waals surface area contributed by atoms with E-state index in [9.17, 15) is 0 Å². The summed E-state index contributed by atoms with van der Waals surface area (Å²) in [6.45, 7) is 0. The molecule has 1 unspecified atom stereocenters. The van der Waals surface area contributed by atoms with E-state index in [-0.39, 0.29) is 5.25 Å². The second kappa shape index (κ2) is 4.27.